The largest absolute Gasteiger partial charge is 0.348 e. The molecule has 1 N–H and O–H groups in total. The van der Waals surface area contributed by atoms with Gasteiger partial charge in [0.15, 0.2) is 0 Å². The molecule has 1 amide bonds. The van der Waals surface area contributed by atoms with Crippen LogP contribution in [0.2, 0.25) is 0 Å². The van der Waals surface area contributed by atoms with Crippen molar-refractivity contribution in [2.24, 2.45) is 0 Å². The third-order valence-corrected chi connectivity index (χ3v) is 4.21. The first kappa shape index (κ1) is 17.2. The number of H-pyrrole nitrogens is 1. The van der Waals surface area contributed by atoms with Crippen LogP contribution in [0.5, 0.6) is 0 Å². The first-order valence-corrected chi connectivity index (χ1v) is 7.89. The molecule has 5 nitrogen and oxygen atoms in total. The molecule has 0 aliphatic rings. The molecule has 0 fully saturated rings. The number of hydrogen-bond acceptors (Lipinski definition) is 3. The van der Waals surface area contributed by atoms with Gasteiger partial charge in [0.1, 0.15) is 0 Å². The standard InChI is InChI=1S/C18H26N4O/c1-13-7-6-8-16(14(13)2)18(23)22(10-9-21(4)5)11-17-15(3)19-12-20-17/h6-8,12H,9-11H2,1-5H3,(H,19,20). The molecule has 23 heavy (non-hydrogen) atoms. The molecule has 2 rings (SSSR count). The van der Waals surface area contributed by atoms with Gasteiger partial charge < -0.3 is 14.8 Å². The highest BCUT2D eigenvalue weighted by atomic mass is 16.2. The molecule has 0 bridgehead atoms. The first-order valence-electron chi connectivity index (χ1n) is 7.89. The number of likely N-dealkylation sites (N-methyl/N-ethyl adjacent to an activating group) is 1. The average molecular weight is 314 g/mol. The predicted octanol–water partition coefficient (Wildman–Crippen LogP) is 2.54. The van der Waals surface area contributed by atoms with Crippen LogP contribution in [0.15, 0.2) is 24.5 Å². The highest BCUT2D eigenvalue weighted by Crippen LogP contribution is 2.17. The van der Waals surface area contributed by atoms with Gasteiger partial charge in [-0.25, -0.2) is 4.98 Å². The van der Waals surface area contributed by atoms with Crippen LogP contribution in [0.3, 0.4) is 0 Å². The summed E-state index contributed by atoms with van der Waals surface area (Å²) in [4.78, 5) is 24.4. The zero-order chi connectivity index (χ0) is 17.0. The van der Waals surface area contributed by atoms with Gasteiger partial charge in [0.25, 0.3) is 5.91 Å². The monoisotopic (exact) mass is 314 g/mol. The minimum atomic E-state index is 0.0652. The normalized spacial score (nSPS) is 11.0. The van der Waals surface area contributed by atoms with E-state index in [0.29, 0.717) is 13.1 Å². The average Bonchev–Trinajstić information content (AvgIpc) is 2.90. The van der Waals surface area contributed by atoms with Crippen LogP contribution < -0.4 is 0 Å². The number of imidazole rings is 1. The number of aromatic amines is 1. The zero-order valence-corrected chi connectivity index (χ0v) is 14.7. The lowest BCUT2D eigenvalue weighted by Gasteiger charge is -2.25. The fraction of sp³-hybridized carbons (Fsp3) is 0.444. The molecule has 1 aromatic heterocycles. The number of rotatable bonds is 6. The van der Waals surface area contributed by atoms with Crippen molar-refractivity contribution >= 4 is 5.91 Å². The summed E-state index contributed by atoms with van der Waals surface area (Å²) >= 11 is 0. The summed E-state index contributed by atoms with van der Waals surface area (Å²) in [5, 5.41) is 0. The van der Waals surface area contributed by atoms with Crippen molar-refractivity contribution in [1.29, 1.82) is 0 Å². The second kappa shape index (κ2) is 7.42. The van der Waals surface area contributed by atoms with E-state index in [0.717, 1.165) is 34.6 Å². The van der Waals surface area contributed by atoms with Crippen molar-refractivity contribution in [2.45, 2.75) is 27.3 Å². The summed E-state index contributed by atoms with van der Waals surface area (Å²) in [7, 11) is 4.03. The number of carbonyl (C=O) groups excluding carboxylic acids is 1. The number of aromatic nitrogens is 2. The highest BCUT2D eigenvalue weighted by Gasteiger charge is 2.20. The molecule has 0 aliphatic heterocycles. The maximum Gasteiger partial charge on any atom is 0.254 e. The van der Waals surface area contributed by atoms with E-state index in [1.54, 1.807) is 6.33 Å². The molecule has 124 valence electrons. The van der Waals surface area contributed by atoms with Gasteiger partial charge >= 0.3 is 0 Å². The fourth-order valence-electron chi connectivity index (χ4n) is 2.45. The lowest BCUT2D eigenvalue weighted by molar-refractivity contribution is 0.0729. The van der Waals surface area contributed by atoms with E-state index in [9.17, 15) is 4.79 Å². The Kier molecular flexibility index (Phi) is 5.55. The Morgan fingerprint density at radius 1 is 1.17 bits per heavy atom. The maximum absolute atomic E-state index is 13.0. The molecule has 1 heterocycles. The number of carbonyl (C=O) groups is 1. The van der Waals surface area contributed by atoms with Gasteiger partial charge in [-0.3, -0.25) is 4.79 Å². The maximum atomic E-state index is 13.0. The summed E-state index contributed by atoms with van der Waals surface area (Å²) in [6.45, 7) is 8.04. The molecular formula is C18H26N4O. The van der Waals surface area contributed by atoms with E-state index in [-0.39, 0.29) is 5.91 Å². The lowest BCUT2D eigenvalue weighted by atomic mass is 10.0. The number of aryl methyl sites for hydroxylation is 2. The number of nitrogens with zero attached hydrogens (tertiary/aromatic N) is 3. The van der Waals surface area contributed by atoms with Crippen molar-refractivity contribution in [2.75, 3.05) is 27.2 Å². The Hall–Kier alpha value is -2.14. The van der Waals surface area contributed by atoms with E-state index in [2.05, 4.69) is 14.9 Å². The Bertz CT molecular complexity index is 675. The van der Waals surface area contributed by atoms with Gasteiger partial charge in [-0.05, 0) is 52.1 Å². The van der Waals surface area contributed by atoms with Gasteiger partial charge in [-0.2, -0.15) is 0 Å². The number of amides is 1. The third-order valence-electron chi connectivity index (χ3n) is 4.21. The van der Waals surface area contributed by atoms with Crippen molar-refractivity contribution < 1.29 is 4.79 Å². The Morgan fingerprint density at radius 3 is 2.52 bits per heavy atom. The Labute approximate surface area is 138 Å². The molecule has 0 atom stereocenters. The van der Waals surface area contributed by atoms with Crippen molar-refractivity contribution in [1.82, 2.24) is 19.8 Å². The van der Waals surface area contributed by atoms with Crippen LogP contribution >= 0.6 is 0 Å². The van der Waals surface area contributed by atoms with Crippen LogP contribution in [-0.4, -0.2) is 52.9 Å². The van der Waals surface area contributed by atoms with Crippen LogP contribution in [0.1, 0.15) is 32.9 Å². The van der Waals surface area contributed by atoms with Gasteiger partial charge in [0, 0.05) is 24.3 Å². The lowest BCUT2D eigenvalue weighted by Crippen LogP contribution is -2.37. The summed E-state index contributed by atoms with van der Waals surface area (Å²) in [5.74, 6) is 0.0652. The van der Waals surface area contributed by atoms with Crippen molar-refractivity contribution in [3.8, 4) is 0 Å². The third kappa shape index (κ3) is 4.20. The number of nitrogens with one attached hydrogen (secondary N) is 1. The summed E-state index contributed by atoms with van der Waals surface area (Å²) in [5.41, 5.74) is 4.89. The van der Waals surface area contributed by atoms with E-state index in [1.165, 1.54) is 0 Å². The fourth-order valence-corrected chi connectivity index (χ4v) is 2.45. The molecular weight excluding hydrogens is 288 g/mol. The summed E-state index contributed by atoms with van der Waals surface area (Å²) in [6, 6.07) is 5.89. The van der Waals surface area contributed by atoms with Crippen molar-refractivity contribution in [3.05, 3.63) is 52.6 Å². The molecule has 0 saturated carbocycles. The highest BCUT2D eigenvalue weighted by molar-refractivity contribution is 5.95. The molecule has 0 unspecified atom stereocenters. The van der Waals surface area contributed by atoms with E-state index in [1.807, 2.05) is 58.0 Å². The second-order valence-corrected chi connectivity index (χ2v) is 6.25. The smallest absolute Gasteiger partial charge is 0.254 e. The Morgan fingerprint density at radius 2 is 1.91 bits per heavy atom. The van der Waals surface area contributed by atoms with Crippen LogP contribution in [0.4, 0.5) is 0 Å². The quantitative estimate of drug-likeness (QED) is 0.891. The molecule has 1 aromatic carbocycles. The molecule has 0 spiro atoms. The van der Waals surface area contributed by atoms with Gasteiger partial charge in [-0.1, -0.05) is 12.1 Å². The topological polar surface area (TPSA) is 52.2 Å². The number of hydrogen-bond donors (Lipinski definition) is 1. The second-order valence-electron chi connectivity index (χ2n) is 6.25. The number of benzene rings is 1. The van der Waals surface area contributed by atoms with E-state index < -0.39 is 0 Å². The van der Waals surface area contributed by atoms with Gasteiger partial charge in [0.2, 0.25) is 0 Å². The van der Waals surface area contributed by atoms with Crippen LogP contribution in [-0.2, 0) is 6.54 Å². The molecule has 0 saturated heterocycles. The van der Waals surface area contributed by atoms with Gasteiger partial charge in [-0.15, -0.1) is 0 Å². The SMILES string of the molecule is Cc1cccc(C(=O)N(CCN(C)C)Cc2nc[nH]c2C)c1C. The minimum Gasteiger partial charge on any atom is -0.348 e. The predicted molar refractivity (Wildman–Crippen MR) is 92.5 cm³/mol. The minimum absolute atomic E-state index is 0.0652. The first-order chi connectivity index (χ1) is 10.9. The zero-order valence-electron chi connectivity index (χ0n) is 14.7. The molecule has 0 radical (unpaired) electrons. The summed E-state index contributed by atoms with van der Waals surface area (Å²) < 4.78 is 0. The van der Waals surface area contributed by atoms with E-state index in [4.69, 9.17) is 0 Å². The van der Waals surface area contributed by atoms with Crippen molar-refractivity contribution in [3.63, 3.8) is 0 Å². The molecule has 0 aliphatic carbocycles. The Balaban J connectivity index is 2.26. The van der Waals surface area contributed by atoms with Gasteiger partial charge in [0.05, 0.1) is 18.6 Å². The van der Waals surface area contributed by atoms with Crippen LogP contribution in [0.25, 0.3) is 0 Å². The van der Waals surface area contributed by atoms with E-state index >= 15 is 0 Å². The molecule has 5 heteroatoms. The van der Waals surface area contributed by atoms with Crippen LogP contribution in [0, 0.1) is 20.8 Å². The summed E-state index contributed by atoms with van der Waals surface area (Å²) in [6.07, 6.45) is 1.68. The molecule has 2 aromatic rings.